The molecule has 1 saturated carbocycles. The molecule has 4 heteroatoms. The van der Waals surface area contributed by atoms with Gasteiger partial charge in [-0.15, -0.1) is 0 Å². The van der Waals surface area contributed by atoms with Crippen LogP contribution in [0, 0.1) is 5.92 Å². The predicted octanol–water partition coefficient (Wildman–Crippen LogP) is 2.10. The molecular formula is C13H21NO3. The second-order valence-electron chi connectivity index (χ2n) is 4.63. The van der Waals surface area contributed by atoms with E-state index in [-0.39, 0.29) is 11.9 Å². The van der Waals surface area contributed by atoms with Crippen molar-refractivity contribution in [2.75, 3.05) is 0 Å². The first kappa shape index (κ1) is 13.7. The van der Waals surface area contributed by atoms with E-state index >= 15 is 0 Å². The minimum absolute atomic E-state index is 0.148. The number of carbonyl (C=O) groups excluding carboxylic acids is 1. The number of carboxylic acid groups (broad SMARTS) is 1. The molecule has 0 bridgehead atoms. The van der Waals surface area contributed by atoms with Crippen LogP contribution in [-0.2, 0) is 9.59 Å². The van der Waals surface area contributed by atoms with Crippen LogP contribution in [0.1, 0.15) is 46.0 Å². The fourth-order valence-electron chi connectivity index (χ4n) is 2.19. The van der Waals surface area contributed by atoms with E-state index in [0.29, 0.717) is 12.0 Å². The molecule has 2 unspecified atom stereocenters. The van der Waals surface area contributed by atoms with E-state index in [2.05, 4.69) is 5.32 Å². The molecule has 1 fully saturated rings. The number of carbonyl (C=O) groups is 2. The molecule has 0 radical (unpaired) electrons. The molecular weight excluding hydrogens is 218 g/mol. The fraction of sp³-hybridized carbons (Fsp3) is 0.692. The summed E-state index contributed by atoms with van der Waals surface area (Å²) in [5, 5.41) is 12.0. The van der Waals surface area contributed by atoms with Gasteiger partial charge in [-0.3, -0.25) is 9.59 Å². The van der Waals surface area contributed by atoms with Crippen molar-refractivity contribution in [3.63, 3.8) is 0 Å². The molecule has 2 atom stereocenters. The van der Waals surface area contributed by atoms with Crippen LogP contribution in [0.3, 0.4) is 0 Å². The standard InChI is InChI=1S/C13H21NO3/c1-3-9(2)12(15)14-11-8-6-4-5-7-10(11)13(16)17/h3,10-11H,4-8H2,1-2H3,(H,14,15)(H,16,17)/b9-3-. The van der Waals surface area contributed by atoms with Gasteiger partial charge in [-0.05, 0) is 26.7 Å². The lowest BCUT2D eigenvalue weighted by atomic mass is 9.94. The Morgan fingerprint density at radius 2 is 1.88 bits per heavy atom. The van der Waals surface area contributed by atoms with Gasteiger partial charge in [0.25, 0.3) is 0 Å². The maximum absolute atomic E-state index is 11.8. The molecule has 0 heterocycles. The van der Waals surface area contributed by atoms with Crippen molar-refractivity contribution >= 4 is 11.9 Å². The van der Waals surface area contributed by atoms with Crippen molar-refractivity contribution in [1.29, 1.82) is 0 Å². The number of amides is 1. The first-order valence-electron chi connectivity index (χ1n) is 6.23. The van der Waals surface area contributed by atoms with Gasteiger partial charge in [-0.25, -0.2) is 0 Å². The van der Waals surface area contributed by atoms with Crippen molar-refractivity contribution in [3.8, 4) is 0 Å². The van der Waals surface area contributed by atoms with E-state index in [1.54, 1.807) is 19.9 Å². The van der Waals surface area contributed by atoms with Crippen LogP contribution in [0.5, 0.6) is 0 Å². The lowest BCUT2D eigenvalue weighted by Gasteiger charge is -2.23. The lowest BCUT2D eigenvalue weighted by Crippen LogP contribution is -2.43. The number of carboxylic acids is 1. The Hall–Kier alpha value is -1.32. The molecule has 2 N–H and O–H groups in total. The summed E-state index contributed by atoms with van der Waals surface area (Å²) in [6, 6.07) is -0.225. The van der Waals surface area contributed by atoms with Crippen molar-refractivity contribution < 1.29 is 14.7 Å². The zero-order valence-electron chi connectivity index (χ0n) is 10.5. The number of rotatable bonds is 3. The van der Waals surface area contributed by atoms with Gasteiger partial charge in [-0.1, -0.05) is 25.3 Å². The van der Waals surface area contributed by atoms with Crippen molar-refractivity contribution in [2.24, 2.45) is 5.92 Å². The number of aliphatic carboxylic acids is 1. The topological polar surface area (TPSA) is 66.4 Å². The van der Waals surface area contributed by atoms with E-state index in [0.717, 1.165) is 25.7 Å². The molecule has 0 saturated heterocycles. The van der Waals surface area contributed by atoms with Gasteiger partial charge < -0.3 is 10.4 Å². The predicted molar refractivity (Wildman–Crippen MR) is 65.6 cm³/mol. The Bertz CT molecular complexity index is 323. The molecule has 0 aromatic heterocycles. The second-order valence-corrected chi connectivity index (χ2v) is 4.63. The highest BCUT2D eigenvalue weighted by atomic mass is 16.4. The molecule has 1 rings (SSSR count). The summed E-state index contributed by atoms with van der Waals surface area (Å²) >= 11 is 0. The Morgan fingerprint density at radius 1 is 1.24 bits per heavy atom. The third-order valence-electron chi connectivity index (χ3n) is 3.44. The smallest absolute Gasteiger partial charge is 0.308 e. The average Bonchev–Trinajstić information content (AvgIpc) is 2.53. The highest BCUT2D eigenvalue weighted by Gasteiger charge is 2.30. The maximum atomic E-state index is 11.8. The van der Waals surface area contributed by atoms with Crippen LogP contribution in [0.25, 0.3) is 0 Å². The van der Waals surface area contributed by atoms with E-state index in [1.165, 1.54) is 0 Å². The lowest BCUT2D eigenvalue weighted by molar-refractivity contribution is -0.143. The molecule has 17 heavy (non-hydrogen) atoms. The third kappa shape index (κ3) is 3.88. The third-order valence-corrected chi connectivity index (χ3v) is 3.44. The highest BCUT2D eigenvalue weighted by Crippen LogP contribution is 2.24. The first-order chi connectivity index (χ1) is 8.06. The molecule has 1 amide bonds. The van der Waals surface area contributed by atoms with E-state index in [1.807, 2.05) is 0 Å². The maximum Gasteiger partial charge on any atom is 0.308 e. The summed E-state index contributed by atoms with van der Waals surface area (Å²) in [6.07, 6.45) is 6.14. The van der Waals surface area contributed by atoms with Crippen LogP contribution in [0.4, 0.5) is 0 Å². The van der Waals surface area contributed by atoms with Gasteiger partial charge in [-0.2, -0.15) is 0 Å². The summed E-state index contributed by atoms with van der Waals surface area (Å²) in [6.45, 7) is 3.54. The number of nitrogens with one attached hydrogen (secondary N) is 1. The number of allylic oxidation sites excluding steroid dienone is 1. The molecule has 0 spiro atoms. The average molecular weight is 239 g/mol. The molecule has 0 aromatic carbocycles. The second kappa shape index (κ2) is 6.42. The molecule has 96 valence electrons. The zero-order chi connectivity index (χ0) is 12.8. The SMILES string of the molecule is C/C=C(/C)C(=O)NC1CCCCCC1C(=O)O. The molecule has 1 aliphatic rings. The largest absolute Gasteiger partial charge is 0.481 e. The fourth-order valence-corrected chi connectivity index (χ4v) is 2.19. The van der Waals surface area contributed by atoms with Crippen LogP contribution < -0.4 is 5.32 Å². The Balaban J connectivity index is 2.70. The highest BCUT2D eigenvalue weighted by molar-refractivity contribution is 5.93. The quantitative estimate of drug-likeness (QED) is 0.585. The number of hydrogen-bond donors (Lipinski definition) is 2. The molecule has 0 aliphatic heterocycles. The minimum Gasteiger partial charge on any atom is -0.481 e. The summed E-state index contributed by atoms with van der Waals surface area (Å²) in [7, 11) is 0. The Kier molecular flexibility index (Phi) is 5.19. The van der Waals surface area contributed by atoms with Crippen LogP contribution in [0.2, 0.25) is 0 Å². The molecule has 1 aliphatic carbocycles. The summed E-state index contributed by atoms with van der Waals surface area (Å²) in [4.78, 5) is 22.9. The van der Waals surface area contributed by atoms with Crippen molar-refractivity contribution in [2.45, 2.75) is 52.0 Å². The summed E-state index contributed by atoms with van der Waals surface area (Å²) in [5.41, 5.74) is 0.637. The zero-order valence-corrected chi connectivity index (χ0v) is 10.5. The van der Waals surface area contributed by atoms with E-state index in [4.69, 9.17) is 0 Å². The number of hydrogen-bond acceptors (Lipinski definition) is 2. The van der Waals surface area contributed by atoms with Gasteiger partial charge in [0, 0.05) is 11.6 Å². The van der Waals surface area contributed by atoms with Gasteiger partial charge in [0.1, 0.15) is 0 Å². The van der Waals surface area contributed by atoms with Crippen molar-refractivity contribution in [1.82, 2.24) is 5.32 Å². The van der Waals surface area contributed by atoms with Crippen molar-refractivity contribution in [3.05, 3.63) is 11.6 Å². The van der Waals surface area contributed by atoms with Gasteiger partial charge in [0.15, 0.2) is 0 Å². The van der Waals surface area contributed by atoms with Crippen LogP contribution in [-0.4, -0.2) is 23.0 Å². The minimum atomic E-state index is -0.796. The molecule has 4 nitrogen and oxygen atoms in total. The summed E-state index contributed by atoms with van der Waals surface area (Å²) < 4.78 is 0. The van der Waals surface area contributed by atoms with E-state index < -0.39 is 11.9 Å². The summed E-state index contributed by atoms with van der Waals surface area (Å²) in [5.74, 6) is -1.38. The van der Waals surface area contributed by atoms with E-state index in [9.17, 15) is 14.7 Å². The normalized spacial score (nSPS) is 26.1. The Morgan fingerprint density at radius 3 is 2.47 bits per heavy atom. The van der Waals surface area contributed by atoms with Gasteiger partial charge >= 0.3 is 5.97 Å². The van der Waals surface area contributed by atoms with Crippen LogP contribution >= 0.6 is 0 Å². The van der Waals surface area contributed by atoms with Gasteiger partial charge in [0.05, 0.1) is 5.92 Å². The monoisotopic (exact) mass is 239 g/mol. The molecule has 0 aromatic rings. The first-order valence-corrected chi connectivity index (χ1v) is 6.23. The Labute approximate surface area is 102 Å². The van der Waals surface area contributed by atoms with Crippen LogP contribution in [0.15, 0.2) is 11.6 Å². The van der Waals surface area contributed by atoms with Gasteiger partial charge in [0.2, 0.25) is 5.91 Å².